The van der Waals surface area contributed by atoms with Gasteiger partial charge in [0.2, 0.25) is 5.91 Å². The van der Waals surface area contributed by atoms with Crippen molar-refractivity contribution in [2.45, 2.75) is 58.3 Å². The van der Waals surface area contributed by atoms with Crippen LogP contribution >= 0.6 is 0 Å². The van der Waals surface area contributed by atoms with Gasteiger partial charge in [-0.25, -0.2) is 0 Å². The van der Waals surface area contributed by atoms with Gasteiger partial charge in [-0.2, -0.15) is 0 Å². The molecule has 0 fully saturated rings. The Morgan fingerprint density at radius 1 is 1.13 bits per heavy atom. The number of carbonyl (C=O) groups is 2. The van der Waals surface area contributed by atoms with Crippen LogP contribution in [-0.4, -0.2) is 21.7 Å². The average molecular weight is 321 g/mol. The van der Waals surface area contributed by atoms with E-state index in [2.05, 4.69) is 17.2 Å². The van der Waals surface area contributed by atoms with E-state index in [-0.39, 0.29) is 23.6 Å². The molecular formula is C16H23N3O4. The Labute approximate surface area is 135 Å². The SMILES string of the molecule is CCCCCCCCCC(=O)NC(=O)c1cncc([N+](=O)[O-])c1. The van der Waals surface area contributed by atoms with Crippen molar-refractivity contribution in [2.24, 2.45) is 0 Å². The number of unbranched alkanes of at least 4 members (excludes halogenated alkanes) is 6. The standard InChI is InChI=1S/C16H23N3O4/c1-2-3-4-5-6-7-8-9-15(20)18-16(21)13-10-14(19(22)23)12-17-11-13/h10-12H,2-9H2,1H3,(H,18,20,21). The second-order valence-corrected chi connectivity index (χ2v) is 5.44. The van der Waals surface area contributed by atoms with Gasteiger partial charge in [-0.1, -0.05) is 45.4 Å². The summed E-state index contributed by atoms with van der Waals surface area (Å²) < 4.78 is 0. The average Bonchev–Trinajstić information content (AvgIpc) is 2.54. The zero-order valence-corrected chi connectivity index (χ0v) is 13.4. The number of nitrogens with one attached hydrogen (secondary N) is 1. The molecule has 0 saturated carbocycles. The Hall–Kier alpha value is -2.31. The van der Waals surface area contributed by atoms with Crippen molar-refractivity contribution in [3.8, 4) is 0 Å². The van der Waals surface area contributed by atoms with Gasteiger partial charge in [0, 0.05) is 18.7 Å². The third-order valence-electron chi connectivity index (χ3n) is 3.46. The topological polar surface area (TPSA) is 102 Å². The van der Waals surface area contributed by atoms with Gasteiger partial charge in [0.15, 0.2) is 0 Å². The molecular weight excluding hydrogens is 298 g/mol. The lowest BCUT2D eigenvalue weighted by Gasteiger charge is -2.04. The minimum absolute atomic E-state index is 0.00659. The number of aromatic nitrogens is 1. The summed E-state index contributed by atoms with van der Waals surface area (Å²) >= 11 is 0. The molecule has 0 unspecified atom stereocenters. The lowest BCUT2D eigenvalue weighted by atomic mass is 10.1. The highest BCUT2D eigenvalue weighted by Gasteiger charge is 2.14. The molecule has 1 rings (SSSR count). The summed E-state index contributed by atoms with van der Waals surface area (Å²) in [5.74, 6) is -1.02. The summed E-state index contributed by atoms with van der Waals surface area (Å²) in [6.45, 7) is 2.16. The number of nitro groups is 1. The summed E-state index contributed by atoms with van der Waals surface area (Å²) in [4.78, 5) is 37.2. The summed E-state index contributed by atoms with van der Waals surface area (Å²) in [6, 6.07) is 1.10. The van der Waals surface area contributed by atoms with Gasteiger partial charge in [-0.3, -0.25) is 30.0 Å². The fourth-order valence-electron chi connectivity index (χ4n) is 2.16. The zero-order valence-electron chi connectivity index (χ0n) is 13.4. The first-order valence-electron chi connectivity index (χ1n) is 7.98. The molecule has 1 aromatic heterocycles. The molecule has 7 nitrogen and oxygen atoms in total. The molecule has 1 heterocycles. The Morgan fingerprint density at radius 2 is 1.78 bits per heavy atom. The van der Waals surface area contributed by atoms with Crippen LogP contribution in [0.2, 0.25) is 0 Å². The molecule has 0 aliphatic heterocycles. The molecule has 0 saturated heterocycles. The Morgan fingerprint density at radius 3 is 2.43 bits per heavy atom. The maximum atomic E-state index is 11.8. The number of amides is 2. The Bertz CT molecular complexity index is 546. The highest BCUT2D eigenvalue weighted by Crippen LogP contribution is 2.11. The summed E-state index contributed by atoms with van der Waals surface area (Å²) in [6.07, 6.45) is 10.2. The van der Waals surface area contributed by atoms with E-state index in [4.69, 9.17) is 0 Å². The fraction of sp³-hybridized carbons (Fsp3) is 0.562. The number of nitrogens with zero attached hydrogens (tertiary/aromatic N) is 2. The van der Waals surface area contributed by atoms with E-state index >= 15 is 0 Å². The molecule has 2 amide bonds. The van der Waals surface area contributed by atoms with E-state index in [1.54, 1.807) is 0 Å². The van der Waals surface area contributed by atoms with Crippen molar-refractivity contribution in [3.63, 3.8) is 0 Å². The first kappa shape index (κ1) is 18.7. The molecule has 0 aromatic carbocycles. The van der Waals surface area contributed by atoms with Crippen LogP contribution in [0, 0.1) is 10.1 Å². The number of carbonyl (C=O) groups excluding carboxylic acids is 2. The van der Waals surface area contributed by atoms with Crippen LogP contribution < -0.4 is 5.32 Å². The first-order chi connectivity index (χ1) is 11.0. The number of rotatable bonds is 10. The van der Waals surface area contributed by atoms with Gasteiger partial charge in [0.25, 0.3) is 11.6 Å². The van der Waals surface area contributed by atoms with Gasteiger partial charge in [0.05, 0.1) is 10.5 Å². The third kappa shape index (κ3) is 7.49. The van der Waals surface area contributed by atoms with Crippen LogP contribution in [0.1, 0.15) is 68.6 Å². The molecule has 0 radical (unpaired) electrons. The van der Waals surface area contributed by atoms with Crippen LogP contribution in [0.15, 0.2) is 18.5 Å². The van der Waals surface area contributed by atoms with Crippen LogP contribution in [0.5, 0.6) is 0 Å². The number of hydrogen-bond acceptors (Lipinski definition) is 5. The van der Waals surface area contributed by atoms with E-state index in [0.717, 1.165) is 31.5 Å². The van der Waals surface area contributed by atoms with E-state index in [9.17, 15) is 19.7 Å². The van der Waals surface area contributed by atoms with Gasteiger partial charge in [-0.05, 0) is 6.42 Å². The molecule has 23 heavy (non-hydrogen) atoms. The molecule has 1 aromatic rings. The fourth-order valence-corrected chi connectivity index (χ4v) is 2.16. The normalized spacial score (nSPS) is 10.3. The molecule has 0 aliphatic carbocycles. The second kappa shape index (κ2) is 10.4. The molecule has 126 valence electrons. The Balaban J connectivity index is 2.30. The van der Waals surface area contributed by atoms with Crippen LogP contribution in [0.25, 0.3) is 0 Å². The molecule has 0 spiro atoms. The van der Waals surface area contributed by atoms with Crippen molar-refractivity contribution < 1.29 is 14.5 Å². The molecule has 0 atom stereocenters. The smallest absolute Gasteiger partial charge is 0.288 e. The highest BCUT2D eigenvalue weighted by molar-refractivity contribution is 6.04. The number of pyridine rings is 1. The van der Waals surface area contributed by atoms with Crippen molar-refractivity contribution >= 4 is 17.5 Å². The minimum Gasteiger partial charge on any atom is -0.292 e. The van der Waals surface area contributed by atoms with Crippen molar-refractivity contribution in [3.05, 3.63) is 34.1 Å². The van der Waals surface area contributed by atoms with E-state index in [1.807, 2.05) is 0 Å². The van der Waals surface area contributed by atoms with E-state index < -0.39 is 10.8 Å². The molecule has 7 heteroatoms. The molecule has 0 aliphatic rings. The summed E-state index contributed by atoms with van der Waals surface area (Å²) in [7, 11) is 0. The lowest BCUT2D eigenvalue weighted by molar-refractivity contribution is -0.385. The van der Waals surface area contributed by atoms with Crippen molar-refractivity contribution in [1.29, 1.82) is 0 Å². The zero-order chi connectivity index (χ0) is 17.1. The number of hydrogen-bond donors (Lipinski definition) is 1. The van der Waals surface area contributed by atoms with Crippen molar-refractivity contribution in [2.75, 3.05) is 0 Å². The van der Waals surface area contributed by atoms with Crippen molar-refractivity contribution in [1.82, 2.24) is 10.3 Å². The quantitative estimate of drug-likeness (QED) is 0.404. The maximum Gasteiger partial charge on any atom is 0.288 e. The lowest BCUT2D eigenvalue weighted by Crippen LogP contribution is -2.30. The molecule has 0 bridgehead atoms. The second-order valence-electron chi connectivity index (χ2n) is 5.44. The van der Waals surface area contributed by atoms with Gasteiger partial charge < -0.3 is 0 Å². The minimum atomic E-state index is -0.658. The predicted octanol–water partition coefficient (Wildman–Crippen LogP) is 3.39. The maximum absolute atomic E-state index is 11.8. The predicted molar refractivity (Wildman–Crippen MR) is 86.0 cm³/mol. The van der Waals surface area contributed by atoms with Crippen LogP contribution in [0.4, 0.5) is 5.69 Å². The first-order valence-corrected chi connectivity index (χ1v) is 7.98. The summed E-state index contributed by atoms with van der Waals surface area (Å²) in [5.41, 5.74) is -0.274. The monoisotopic (exact) mass is 321 g/mol. The van der Waals surface area contributed by atoms with E-state index in [0.29, 0.717) is 0 Å². The van der Waals surface area contributed by atoms with Gasteiger partial charge >= 0.3 is 0 Å². The van der Waals surface area contributed by atoms with Gasteiger partial charge in [0.1, 0.15) is 6.20 Å². The summed E-state index contributed by atoms with van der Waals surface area (Å²) in [5, 5.41) is 12.9. The van der Waals surface area contributed by atoms with Gasteiger partial charge in [-0.15, -0.1) is 0 Å². The molecule has 1 N–H and O–H groups in total. The van der Waals surface area contributed by atoms with Crippen LogP contribution in [0.3, 0.4) is 0 Å². The number of imide groups is 1. The Kier molecular flexibility index (Phi) is 8.49. The van der Waals surface area contributed by atoms with E-state index in [1.165, 1.54) is 31.9 Å². The largest absolute Gasteiger partial charge is 0.292 e. The highest BCUT2D eigenvalue weighted by atomic mass is 16.6. The third-order valence-corrected chi connectivity index (χ3v) is 3.46. The van der Waals surface area contributed by atoms with Crippen LogP contribution in [-0.2, 0) is 4.79 Å².